The molecule has 0 bridgehead atoms. The van der Waals surface area contributed by atoms with Crippen molar-refractivity contribution in [3.63, 3.8) is 0 Å². The lowest BCUT2D eigenvalue weighted by molar-refractivity contribution is 0.0963. The van der Waals surface area contributed by atoms with Crippen LogP contribution in [0.5, 0.6) is 0 Å². The van der Waals surface area contributed by atoms with Crippen molar-refractivity contribution in [3.05, 3.63) is 52.9 Å². The van der Waals surface area contributed by atoms with Gasteiger partial charge in [-0.3, -0.25) is 14.0 Å². The number of imidazole rings is 1. The van der Waals surface area contributed by atoms with Crippen molar-refractivity contribution < 1.29 is 4.79 Å². The highest BCUT2D eigenvalue weighted by atomic mass is 35.5. The number of rotatable bonds is 3. The second kappa shape index (κ2) is 6.93. The molecule has 0 saturated heterocycles. The predicted molar refractivity (Wildman–Crippen MR) is 99.5 cm³/mol. The standard InChI is InChI=1S/C18H19ClN6O/c1-20-18(26)14-9-12(19)3-4-16(14)24-8-6-22-17(24)15-10-13-11-21-5-2-7-25(13)23-15/h3-4,6,8-10,21H,2,5,7,11H2,1H3,(H,20,26). The fraction of sp³-hybridized carbons (Fsp3) is 0.278. The van der Waals surface area contributed by atoms with Gasteiger partial charge in [0.2, 0.25) is 0 Å². The molecular formula is C18H19ClN6O. The Labute approximate surface area is 156 Å². The van der Waals surface area contributed by atoms with Gasteiger partial charge in [-0.15, -0.1) is 0 Å². The molecule has 0 spiro atoms. The van der Waals surface area contributed by atoms with Gasteiger partial charge in [-0.2, -0.15) is 5.10 Å². The van der Waals surface area contributed by atoms with Gasteiger partial charge in [-0.05, 0) is 37.2 Å². The molecule has 1 amide bonds. The van der Waals surface area contributed by atoms with Crippen LogP contribution in [0.2, 0.25) is 5.02 Å². The molecule has 134 valence electrons. The first-order valence-corrected chi connectivity index (χ1v) is 8.88. The lowest BCUT2D eigenvalue weighted by atomic mass is 10.1. The van der Waals surface area contributed by atoms with E-state index in [1.165, 1.54) is 0 Å². The van der Waals surface area contributed by atoms with Gasteiger partial charge in [0.25, 0.3) is 5.91 Å². The number of hydrogen-bond acceptors (Lipinski definition) is 4. The zero-order chi connectivity index (χ0) is 18.1. The largest absolute Gasteiger partial charge is 0.355 e. The molecule has 2 N–H and O–H groups in total. The summed E-state index contributed by atoms with van der Waals surface area (Å²) >= 11 is 6.09. The van der Waals surface area contributed by atoms with Gasteiger partial charge in [-0.1, -0.05) is 11.6 Å². The van der Waals surface area contributed by atoms with E-state index in [-0.39, 0.29) is 5.91 Å². The van der Waals surface area contributed by atoms with Crippen molar-refractivity contribution in [2.24, 2.45) is 0 Å². The summed E-state index contributed by atoms with van der Waals surface area (Å²) in [6, 6.07) is 7.29. The maximum Gasteiger partial charge on any atom is 0.253 e. The molecule has 0 unspecified atom stereocenters. The number of aromatic nitrogens is 4. The smallest absolute Gasteiger partial charge is 0.253 e. The number of aryl methyl sites for hydroxylation is 1. The summed E-state index contributed by atoms with van der Waals surface area (Å²) in [5.74, 6) is 0.491. The highest BCUT2D eigenvalue weighted by Crippen LogP contribution is 2.26. The maximum absolute atomic E-state index is 12.3. The second-order valence-electron chi connectivity index (χ2n) is 6.14. The maximum atomic E-state index is 12.3. The Kier molecular flexibility index (Phi) is 4.48. The molecule has 0 saturated carbocycles. The van der Waals surface area contributed by atoms with E-state index in [9.17, 15) is 4.79 Å². The van der Waals surface area contributed by atoms with Crippen LogP contribution in [0.25, 0.3) is 17.2 Å². The fourth-order valence-corrected chi connectivity index (χ4v) is 3.37. The number of nitrogens with one attached hydrogen (secondary N) is 2. The first kappa shape index (κ1) is 16.8. The van der Waals surface area contributed by atoms with E-state index in [1.807, 2.05) is 27.6 Å². The normalized spacial score (nSPS) is 13.9. The second-order valence-corrected chi connectivity index (χ2v) is 6.57. The highest BCUT2D eigenvalue weighted by Gasteiger charge is 2.19. The van der Waals surface area contributed by atoms with Gasteiger partial charge >= 0.3 is 0 Å². The van der Waals surface area contributed by atoms with E-state index in [0.717, 1.165) is 37.4 Å². The Hall–Kier alpha value is -2.64. The minimum atomic E-state index is -0.202. The molecule has 1 aliphatic rings. The summed E-state index contributed by atoms with van der Waals surface area (Å²) in [4.78, 5) is 16.8. The van der Waals surface area contributed by atoms with E-state index in [4.69, 9.17) is 16.7 Å². The fourth-order valence-electron chi connectivity index (χ4n) is 3.19. The van der Waals surface area contributed by atoms with E-state index in [0.29, 0.717) is 22.1 Å². The van der Waals surface area contributed by atoms with Gasteiger partial charge in [0.1, 0.15) is 5.69 Å². The van der Waals surface area contributed by atoms with Crippen LogP contribution in [-0.2, 0) is 13.1 Å². The third-order valence-electron chi connectivity index (χ3n) is 4.45. The molecule has 26 heavy (non-hydrogen) atoms. The number of fused-ring (bicyclic) bond motifs is 1. The average Bonchev–Trinajstić information content (AvgIpc) is 3.23. The number of nitrogens with zero attached hydrogens (tertiary/aromatic N) is 4. The van der Waals surface area contributed by atoms with E-state index in [1.54, 1.807) is 25.4 Å². The summed E-state index contributed by atoms with van der Waals surface area (Å²) < 4.78 is 3.90. The first-order chi connectivity index (χ1) is 12.7. The number of benzene rings is 1. The van der Waals surface area contributed by atoms with Crippen molar-refractivity contribution in [2.75, 3.05) is 13.6 Å². The average molecular weight is 371 g/mol. The van der Waals surface area contributed by atoms with Crippen molar-refractivity contribution in [1.82, 2.24) is 30.0 Å². The minimum Gasteiger partial charge on any atom is -0.355 e. The van der Waals surface area contributed by atoms with E-state index in [2.05, 4.69) is 15.6 Å². The van der Waals surface area contributed by atoms with Crippen LogP contribution in [0, 0.1) is 0 Å². The highest BCUT2D eigenvalue weighted by molar-refractivity contribution is 6.31. The molecule has 3 aromatic rings. The third-order valence-corrected chi connectivity index (χ3v) is 4.69. The SMILES string of the molecule is CNC(=O)c1cc(Cl)ccc1-n1ccnc1-c1cc2n(n1)CCCNC2. The minimum absolute atomic E-state index is 0.202. The summed E-state index contributed by atoms with van der Waals surface area (Å²) in [5.41, 5.74) is 3.12. The number of carbonyl (C=O) groups is 1. The molecule has 1 aliphatic heterocycles. The molecule has 2 aromatic heterocycles. The molecule has 0 atom stereocenters. The molecular weight excluding hydrogens is 352 g/mol. The van der Waals surface area contributed by atoms with Crippen molar-refractivity contribution in [2.45, 2.75) is 19.5 Å². The van der Waals surface area contributed by atoms with Crippen LogP contribution in [0.3, 0.4) is 0 Å². The van der Waals surface area contributed by atoms with Crippen LogP contribution in [0.4, 0.5) is 0 Å². The molecule has 0 radical (unpaired) electrons. The first-order valence-electron chi connectivity index (χ1n) is 8.50. The van der Waals surface area contributed by atoms with Crippen LogP contribution in [0.15, 0.2) is 36.7 Å². The molecule has 1 aromatic carbocycles. The van der Waals surface area contributed by atoms with Crippen LogP contribution in [-0.4, -0.2) is 38.8 Å². The zero-order valence-corrected chi connectivity index (χ0v) is 15.1. The van der Waals surface area contributed by atoms with Crippen LogP contribution < -0.4 is 10.6 Å². The molecule has 8 heteroatoms. The summed E-state index contributed by atoms with van der Waals surface area (Å²) in [7, 11) is 1.60. The monoisotopic (exact) mass is 370 g/mol. The Balaban J connectivity index is 1.80. The third kappa shape index (κ3) is 3.00. The van der Waals surface area contributed by atoms with E-state index < -0.39 is 0 Å². The van der Waals surface area contributed by atoms with Gasteiger partial charge in [0.05, 0.1) is 16.9 Å². The molecule has 7 nitrogen and oxygen atoms in total. The Morgan fingerprint density at radius 3 is 3.08 bits per heavy atom. The lowest BCUT2D eigenvalue weighted by Gasteiger charge is -2.12. The Morgan fingerprint density at radius 2 is 2.23 bits per heavy atom. The van der Waals surface area contributed by atoms with Crippen molar-refractivity contribution in [1.29, 1.82) is 0 Å². The van der Waals surface area contributed by atoms with Crippen molar-refractivity contribution in [3.8, 4) is 17.2 Å². The predicted octanol–water partition coefficient (Wildman–Crippen LogP) is 2.24. The number of hydrogen-bond donors (Lipinski definition) is 2. The molecule has 4 rings (SSSR count). The van der Waals surface area contributed by atoms with Gasteiger partial charge in [0.15, 0.2) is 5.82 Å². The number of amides is 1. The number of halogens is 1. The Morgan fingerprint density at radius 1 is 1.35 bits per heavy atom. The number of carbonyl (C=O) groups excluding carboxylic acids is 1. The van der Waals surface area contributed by atoms with E-state index >= 15 is 0 Å². The van der Waals surface area contributed by atoms with Crippen molar-refractivity contribution >= 4 is 17.5 Å². The van der Waals surface area contributed by atoms with Gasteiger partial charge in [0, 0.05) is 37.6 Å². The lowest BCUT2D eigenvalue weighted by Crippen LogP contribution is -2.20. The summed E-state index contributed by atoms with van der Waals surface area (Å²) in [6.07, 6.45) is 4.58. The summed E-state index contributed by atoms with van der Waals surface area (Å²) in [5, 5.41) is 11.3. The quantitative estimate of drug-likeness (QED) is 0.741. The Bertz CT molecular complexity index is 937. The van der Waals surface area contributed by atoms with Gasteiger partial charge < -0.3 is 10.6 Å². The zero-order valence-electron chi connectivity index (χ0n) is 14.4. The molecule has 0 aliphatic carbocycles. The molecule has 3 heterocycles. The molecule has 0 fully saturated rings. The van der Waals surface area contributed by atoms with Crippen LogP contribution in [0.1, 0.15) is 22.5 Å². The topological polar surface area (TPSA) is 76.8 Å². The van der Waals surface area contributed by atoms with Crippen LogP contribution >= 0.6 is 11.6 Å². The summed E-state index contributed by atoms with van der Waals surface area (Å²) in [6.45, 7) is 2.67. The van der Waals surface area contributed by atoms with Gasteiger partial charge in [-0.25, -0.2) is 4.98 Å².